The number of hydrogen-bond acceptors (Lipinski definition) is 5. The molecule has 0 saturated carbocycles. The van der Waals surface area contributed by atoms with Crippen LogP contribution in [0.5, 0.6) is 5.88 Å². The van der Waals surface area contributed by atoms with Gasteiger partial charge in [-0.1, -0.05) is 0 Å². The quantitative estimate of drug-likeness (QED) is 0.491. The third-order valence-corrected chi connectivity index (χ3v) is 2.12. The number of halogens is 3. The molecule has 1 heterocycles. The zero-order valence-electron chi connectivity index (χ0n) is 9.88. The number of aromatic carboxylic acids is 1. The van der Waals surface area contributed by atoms with Gasteiger partial charge in [0.15, 0.2) is 0 Å². The van der Waals surface area contributed by atoms with Gasteiger partial charge in [-0.25, -0.2) is 9.78 Å². The van der Waals surface area contributed by atoms with Gasteiger partial charge in [-0.05, 0) is 6.42 Å². The van der Waals surface area contributed by atoms with Gasteiger partial charge in [0.1, 0.15) is 0 Å². The molecule has 110 valence electrons. The van der Waals surface area contributed by atoms with Gasteiger partial charge in [-0.3, -0.25) is 10.1 Å². The Hall–Kier alpha value is -2.39. The fourth-order valence-corrected chi connectivity index (χ4v) is 1.24. The molecule has 0 amide bonds. The first-order valence-electron chi connectivity index (χ1n) is 5.28. The maximum Gasteiger partial charge on any atom is 0.389 e. The summed E-state index contributed by atoms with van der Waals surface area (Å²) in [5.41, 5.74) is -1.13. The molecule has 0 spiro atoms. The van der Waals surface area contributed by atoms with Gasteiger partial charge in [-0.2, -0.15) is 13.2 Å². The van der Waals surface area contributed by atoms with Crippen LogP contribution >= 0.6 is 0 Å². The molecule has 1 aromatic rings. The number of aromatic nitrogens is 1. The van der Waals surface area contributed by atoms with E-state index in [0.29, 0.717) is 0 Å². The molecule has 20 heavy (non-hydrogen) atoms. The maximum atomic E-state index is 11.9. The van der Waals surface area contributed by atoms with Crippen LogP contribution in [0, 0.1) is 10.1 Å². The first kappa shape index (κ1) is 15.7. The van der Waals surface area contributed by atoms with Crippen LogP contribution in [0.1, 0.15) is 23.2 Å². The van der Waals surface area contributed by atoms with E-state index in [1.165, 1.54) is 0 Å². The Bertz CT molecular complexity index is 518. The van der Waals surface area contributed by atoms with Crippen LogP contribution in [0.3, 0.4) is 0 Å². The third-order valence-electron chi connectivity index (χ3n) is 2.12. The van der Waals surface area contributed by atoms with Crippen molar-refractivity contribution in [2.75, 3.05) is 6.61 Å². The standard InChI is InChI=1S/C10H9F3N2O5/c11-10(12,13)2-1-3-20-8-7(15(18)19)4-6(5-14-8)9(16)17/h4-5H,1-3H2,(H,16,17). The molecule has 0 atom stereocenters. The zero-order chi connectivity index (χ0) is 15.3. The number of hydrogen-bond donors (Lipinski definition) is 1. The highest BCUT2D eigenvalue weighted by molar-refractivity contribution is 5.88. The topological polar surface area (TPSA) is 103 Å². The van der Waals surface area contributed by atoms with Gasteiger partial charge in [0.2, 0.25) is 0 Å². The van der Waals surface area contributed by atoms with Gasteiger partial charge >= 0.3 is 17.8 Å². The van der Waals surface area contributed by atoms with E-state index in [0.717, 1.165) is 12.3 Å². The summed E-state index contributed by atoms with van der Waals surface area (Å²) in [7, 11) is 0. The minimum absolute atomic E-state index is 0.386. The molecular formula is C10H9F3N2O5. The summed E-state index contributed by atoms with van der Waals surface area (Å²) >= 11 is 0. The Balaban J connectivity index is 2.75. The van der Waals surface area contributed by atoms with Crippen LogP contribution in [0.4, 0.5) is 18.9 Å². The fraction of sp³-hybridized carbons (Fsp3) is 0.400. The summed E-state index contributed by atoms with van der Waals surface area (Å²) in [6.07, 6.45) is -4.98. The van der Waals surface area contributed by atoms with Crippen molar-refractivity contribution in [1.29, 1.82) is 0 Å². The van der Waals surface area contributed by atoms with Gasteiger partial charge in [0.25, 0.3) is 5.88 Å². The van der Waals surface area contributed by atoms with E-state index in [9.17, 15) is 28.1 Å². The molecule has 10 heteroatoms. The minimum Gasteiger partial charge on any atom is -0.478 e. The monoisotopic (exact) mass is 294 g/mol. The molecule has 0 saturated heterocycles. The molecule has 0 aromatic carbocycles. The second-order valence-corrected chi connectivity index (χ2v) is 3.68. The van der Waals surface area contributed by atoms with Crippen molar-refractivity contribution < 1.29 is 32.7 Å². The molecule has 1 rings (SSSR count). The van der Waals surface area contributed by atoms with Crippen LogP contribution in [0.25, 0.3) is 0 Å². The molecule has 0 aliphatic heterocycles. The molecule has 0 aliphatic rings. The smallest absolute Gasteiger partial charge is 0.389 e. The van der Waals surface area contributed by atoms with E-state index in [1.807, 2.05) is 0 Å². The van der Waals surface area contributed by atoms with Gasteiger partial charge in [0, 0.05) is 18.7 Å². The average Bonchev–Trinajstić information content (AvgIpc) is 2.33. The number of alkyl halides is 3. The molecule has 0 bridgehead atoms. The molecule has 0 radical (unpaired) electrons. The Morgan fingerprint density at radius 2 is 2.15 bits per heavy atom. The highest BCUT2D eigenvalue weighted by Gasteiger charge is 2.26. The maximum absolute atomic E-state index is 11.9. The van der Waals surface area contributed by atoms with Crippen molar-refractivity contribution in [3.05, 3.63) is 27.9 Å². The Labute approximate surface area is 110 Å². The van der Waals surface area contributed by atoms with E-state index in [-0.39, 0.29) is 6.42 Å². The zero-order valence-corrected chi connectivity index (χ0v) is 9.88. The first-order chi connectivity index (χ1) is 9.20. The van der Waals surface area contributed by atoms with Crippen molar-refractivity contribution in [3.8, 4) is 5.88 Å². The normalized spacial score (nSPS) is 11.2. The van der Waals surface area contributed by atoms with Crippen LogP contribution < -0.4 is 4.74 Å². The second-order valence-electron chi connectivity index (χ2n) is 3.68. The fourth-order valence-electron chi connectivity index (χ4n) is 1.24. The number of carboxylic acids is 1. The molecule has 0 aliphatic carbocycles. The van der Waals surface area contributed by atoms with Crippen LogP contribution in [0.2, 0.25) is 0 Å². The lowest BCUT2D eigenvalue weighted by molar-refractivity contribution is -0.386. The lowest BCUT2D eigenvalue weighted by atomic mass is 10.2. The number of ether oxygens (including phenoxy) is 1. The van der Waals surface area contributed by atoms with Gasteiger partial charge in [0.05, 0.1) is 17.1 Å². The number of rotatable bonds is 6. The van der Waals surface area contributed by atoms with Crippen LogP contribution in [-0.2, 0) is 0 Å². The Morgan fingerprint density at radius 3 is 2.65 bits per heavy atom. The van der Waals surface area contributed by atoms with Crippen molar-refractivity contribution in [3.63, 3.8) is 0 Å². The van der Waals surface area contributed by atoms with Gasteiger partial charge < -0.3 is 9.84 Å². The summed E-state index contributed by atoms with van der Waals surface area (Å²) in [6, 6.07) is 0.731. The number of carbonyl (C=O) groups is 1. The number of nitrogens with zero attached hydrogens (tertiary/aromatic N) is 2. The molecular weight excluding hydrogens is 285 g/mol. The van der Waals surface area contributed by atoms with E-state index < -0.39 is 47.2 Å². The number of carboxylic acid groups (broad SMARTS) is 1. The van der Waals surface area contributed by atoms with E-state index in [4.69, 9.17) is 9.84 Å². The van der Waals surface area contributed by atoms with Gasteiger partial charge in [-0.15, -0.1) is 0 Å². The molecule has 1 N–H and O–H groups in total. The van der Waals surface area contributed by atoms with Crippen molar-refractivity contribution in [2.24, 2.45) is 0 Å². The lowest BCUT2D eigenvalue weighted by Gasteiger charge is -2.08. The SMILES string of the molecule is O=C(O)c1cnc(OCCCC(F)(F)F)c([N+](=O)[O-])c1. The highest BCUT2D eigenvalue weighted by Crippen LogP contribution is 2.26. The summed E-state index contributed by atoms with van der Waals surface area (Å²) in [5, 5.41) is 19.4. The van der Waals surface area contributed by atoms with Crippen LogP contribution in [-0.4, -0.2) is 33.8 Å². The predicted octanol–water partition coefficient (Wildman–Crippen LogP) is 2.41. The lowest BCUT2D eigenvalue weighted by Crippen LogP contribution is -2.11. The van der Waals surface area contributed by atoms with Crippen molar-refractivity contribution in [2.45, 2.75) is 19.0 Å². The molecule has 0 unspecified atom stereocenters. The summed E-state index contributed by atoms with van der Waals surface area (Å²) in [4.78, 5) is 23.8. The molecule has 1 aromatic heterocycles. The van der Waals surface area contributed by atoms with Crippen LogP contribution in [0.15, 0.2) is 12.3 Å². The number of nitro groups is 1. The largest absolute Gasteiger partial charge is 0.478 e. The van der Waals surface area contributed by atoms with Crippen molar-refractivity contribution in [1.82, 2.24) is 4.98 Å². The number of pyridine rings is 1. The van der Waals surface area contributed by atoms with E-state index >= 15 is 0 Å². The summed E-state index contributed by atoms with van der Waals surface area (Å²) < 4.78 is 40.4. The summed E-state index contributed by atoms with van der Waals surface area (Å²) in [6.45, 7) is -0.417. The first-order valence-corrected chi connectivity index (χ1v) is 5.28. The second kappa shape index (κ2) is 6.17. The predicted molar refractivity (Wildman–Crippen MR) is 58.6 cm³/mol. The minimum atomic E-state index is -4.34. The third kappa shape index (κ3) is 4.71. The molecule has 7 nitrogen and oxygen atoms in total. The Morgan fingerprint density at radius 1 is 1.50 bits per heavy atom. The van der Waals surface area contributed by atoms with Crippen molar-refractivity contribution >= 4 is 11.7 Å². The summed E-state index contributed by atoms with van der Waals surface area (Å²) in [5.74, 6) is -1.92. The Kier molecular flexibility index (Phi) is 4.83. The van der Waals surface area contributed by atoms with E-state index in [2.05, 4.69) is 4.98 Å². The molecule has 0 fully saturated rings. The highest BCUT2D eigenvalue weighted by atomic mass is 19.4. The average molecular weight is 294 g/mol. The van der Waals surface area contributed by atoms with E-state index in [1.54, 1.807) is 0 Å².